The molecule has 9 rings (SSSR count). The molecule has 1 aliphatic rings. The van der Waals surface area contributed by atoms with Gasteiger partial charge in [0.25, 0.3) is 0 Å². The summed E-state index contributed by atoms with van der Waals surface area (Å²) >= 11 is 0. The Kier molecular flexibility index (Phi) is 7.04. The molecule has 0 aliphatic carbocycles. The number of hydrogen-bond acceptors (Lipinski definition) is 1. The number of para-hydroxylation sites is 3. The smallest absolute Gasteiger partial charge is 0.171 e. The molecule has 2 heterocycles. The maximum absolute atomic E-state index is 15.4. The molecule has 4 heteroatoms. The lowest BCUT2D eigenvalue weighted by atomic mass is 9.63. The van der Waals surface area contributed by atoms with Crippen LogP contribution in [0.25, 0.3) is 27.5 Å². The minimum absolute atomic E-state index is 0.611. The van der Waals surface area contributed by atoms with Gasteiger partial charge >= 0.3 is 0 Å². The lowest BCUT2D eigenvalue weighted by molar-refractivity contribution is 0.592. The van der Waals surface area contributed by atoms with Crippen LogP contribution in [0.2, 0.25) is 19.6 Å². The molecule has 0 N–H and O–H groups in total. The van der Waals surface area contributed by atoms with Gasteiger partial charge in [-0.05, 0) is 34.4 Å². The van der Waals surface area contributed by atoms with E-state index in [2.05, 4.69) is 139 Å². The average Bonchev–Trinajstić information content (AvgIpc) is 3.51. The second-order valence-corrected chi connectivity index (χ2v) is 22.3. The summed E-state index contributed by atoms with van der Waals surface area (Å²) in [5.74, 6) is 0. The van der Waals surface area contributed by atoms with Crippen LogP contribution in [0.1, 0.15) is 22.3 Å². The Hall–Kier alpha value is -5.21. The number of hydrogen-bond donors (Lipinski definition) is 0. The highest BCUT2D eigenvalue weighted by Crippen LogP contribution is 2.54. The third kappa shape index (κ3) is 4.37. The fourth-order valence-corrected chi connectivity index (χ4v) is 12.2. The van der Waals surface area contributed by atoms with Gasteiger partial charge in [-0.2, -0.15) is 0 Å². The zero-order valence-electron chi connectivity index (χ0n) is 28.5. The molecule has 0 bridgehead atoms. The molecular weight excluding hydrogens is 642 g/mol. The Labute approximate surface area is 295 Å². The highest BCUT2D eigenvalue weighted by molar-refractivity contribution is 7.85. The van der Waals surface area contributed by atoms with E-state index < -0.39 is 20.6 Å². The summed E-state index contributed by atoms with van der Waals surface area (Å²) < 4.78 is 17.9. The quantitative estimate of drug-likeness (QED) is 0.127. The third-order valence-electron chi connectivity index (χ3n) is 10.7. The molecular formula is C46H38NOPSi. The Balaban J connectivity index is 1.36. The SMILES string of the molecule is C[Si](C)(C)c1ccc(C2(c3ccc(P(=O)(c4ccccc4)c4ccccc4)cc3)c3ccccc3-n3c4ccccc4c4cccc2c43)cc1. The molecule has 1 aromatic heterocycles. The number of benzene rings is 7. The number of fused-ring (bicyclic) bond motifs is 5. The molecule has 0 saturated carbocycles. The Morgan fingerprint density at radius 2 is 0.980 bits per heavy atom. The maximum atomic E-state index is 15.4. The van der Waals surface area contributed by atoms with Crippen LogP contribution in [0.15, 0.2) is 176 Å². The summed E-state index contributed by atoms with van der Waals surface area (Å²) in [4.78, 5) is 0. The van der Waals surface area contributed by atoms with Crippen molar-refractivity contribution in [1.29, 1.82) is 0 Å². The lowest BCUT2D eigenvalue weighted by Crippen LogP contribution is -2.39. The van der Waals surface area contributed by atoms with Gasteiger partial charge in [0.05, 0.1) is 30.2 Å². The summed E-state index contributed by atoms with van der Waals surface area (Å²) in [5.41, 5.74) is 7.92. The van der Waals surface area contributed by atoms with Crippen LogP contribution >= 0.6 is 7.14 Å². The summed E-state index contributed by atoms with van der Waals surface area (Å²) in [6, 6.07) is 62.6. The van der Waals surface area contributed by atoms with Crippen LogP contribution in [0.4, 0.5) is 0 Å². The van der Waals surface area contributed by atoms with Crippen LogP contribution in [0.5, 0.6) is 0 Å². The van der Waals surface area contributed by atoms with E-state index in [9.17, 15) is 0 Å². The van der Waals surface area contributed by atoms with Crippen molar-refractivity contribution in [3.63, 3.8) is 0 Å². The van der Waals surface area contributed by atoms with E-state index in [1.165, 1.54) is 49.4 Å². The predicted octanol–water partition coefficient (Wildman–Crippen LogP) is 9.66. The van der Waals surface area contributed by atoms with E-state index in [1.54, 1.807) is 0 Å². The van der Waals surface area contributed by atoms with Crippen molar-refractivity contribution < 1.29 is 4.57 Å². The van der Waals surface area contributed by atoms with E-state index >= 15 is 4.57 Å². The molecule has 8 aromatic rings. The van der Waals surface area contributed by atoms with E-state index in [4.69, 9.17) is 0 Å². The Morgan fingerprint density at radius 3 is 1.62 bits per heavy atom. The van der Waals surface area contributed by atoms with Gasteiger partial charge in [-0.3, -0.25) is 0 Å². The first-order chi connectivity index (χ1) is 24.3. The standard InChI is InChI=1S/C46H38NOPSi/c1-50(2,3)38-31-27-34(28-32-38)46(33-25-29-37(30-26-33)49(48,35-15-6-4-7-16-35)36-17-8-5-9-18-36)41-21-11-13-24-44(41)47-43-23-12-10-19-39(43)40-20-14-22-42(46)45(40)47/h4-32H,1-3H3. The highest BCUT2D eigenvalue weighted by Gasteiger charge is 2.45. The zero-order valence-corrected chi connectivity index (χ0v) is 30.4. The van der Waals surface area contributed by atoms with Crippen molar-refractivity contribution in [1.82, 2.24) is 4.57 Å². The van der Waals surface area contributed by atoms with Crippen LogP contribution in [0.3, 0.4) is 0 Å². The largest absolute Gasteiger partial charge is 0.309 e. The molecule has 1 unspecified atom stereocenters. The molecule has 0 spiro atoms. The molecule has 242 valence electrons. The first-order valence-electron chi connectivity index (χ1n) is 17.4. The van der Waals surface area contributed by atoms with Crippen LogP contribution in [0, 0.1) is 0 Å². The van der Waals surface area contributed by atoms with Gasteiger partial charge < -0.3 is 9.13 Å². The Bertz CT molecular complexity index is 2540. The fraction of sp³-hybridized carbons (Fsp3) is 0.0870. The maximum Gasteiger partial charge on any atom is 0.171 e. The van der Waals surface area contributed by atoms with Crippen molar-refractivity contribution in [3.8, 4) is 5.69 Å². The van der Waals surface area contributed by atoms with Gasteiger partial charge in [0, 0.05) is 26.7 Å². The predicted molar refractivity (Wildman–Crippen MR) is 215 cm³/mol. The lowest BCUT2D eigenvalue weighted by Gasteiger charge is -2.42. The molecule has 0 saturated heterocycles. The summed E-state index contributed by atoms with van der Waals surface area (Å²) in [6.07, 6.45) is 0. The molecule has 7 aromatic carbocycles. The van der Waals surface area contributed by atoms with Crippen molar-refractivity contribution in [3.05, 3.63) is 198 Å². The molecule has 0 amide bonds. The molecule has 0 radical (unpaired) electrons. The molecule has 50 heavy (non-hydrogen) atoms. The van der Waals surface area contributed by atoms with Crippen LogP contribution in [-0.2, 0) is 9.98 Å². The highest BCUT2D eigenvalue weighted by atomic mass is 31.2. The molecule has 2 nitrogen and oxygen atoms in total. The summed E-state index contributed by atoms with van der Waals surface area (Å²) in [7, 11) is -4.68. The topological polar surface area (TPSA) is 22.0 Å². The van der Waals surface area contributed by atoms with Gasteiger partial charge in [0.1, 0.15) is 0 Å². The first kappa shape index (κ1) is 30.8. The first-order valence-corrected chi connectivity index (χ1v) is 22.6. The van der Waals surface area contributed by atoms with Crippen LogP contribution < -0.4 is 21.1 Å². The minimum atomic E-state index is -3.14. The van der Waals surface area contributed by atoms with Gasteiger partial charge in [-0.15, -0.1) is 0 Å². The normalized spacial score (nSPS) is 15.7. The Morgan fingerprint density at radius 1 is 0.480 bits per heavy atom. The average molecular weight is 680 g/mol. The second-order valence-electron chi connectivity index (χ2n) is 14.5. The second kappa shape index (κ2) is 11.4. The summed E-state index contributed by atoms with van der Waals surface area (Å²) in [5, 5.41) is 6.46. The van der Waals surface area contributed by atoms with E-state index in [-0.39, 0.29) is 0 Å². The number of nitrogens with zero attached hydrogens (tertiary/aromatic N) is 1. The van der Waals surface area contributed by atoms with Gasteiger partial charge in [0.15, 0.2) is 7.14 Å². The van der Waals surface area contributed by atoms with Crippen LogP contribution in [-0.4, -0.2) is 12.6 Å². The molecule has 1 aliphatic heterocycles. The molecule has 1 atom stereocenters. The molecule has 0 fully saturated rings. The van der Waals surface area contributed by atoms with E-state index in [0.717, 1.165) is 21.5 Å². The number of rotatable bonds is 6. The van der Waals surface area contributed by atoms with E-state index in [0.29, 0.717) is 0 Å². The minimum Gasteiger partial charge on any atom is -0.309 e. The summed E-state index contributed by atoms with van der Waals surface area (Å²) in [6.45, 7) is 7.22. The van der Waals surface area contributed by atoms with Gasteiger partial charge in [0.2, 0.25) is 0 Å². The third-order valence-corrected chi connectivity index (χ3v) is 15.9. The van der Waals surface area contributed by atoms with Crippen molar-refractivity contribution in [2.45, 2.75) is 25.1 Å². The van der Waals surface area contributed by atoms with Crippen molar-refractivity contribution >= 4 is 58.1 Å². The van der Waals surface area contributed by atoms with Gasteiger partial charge in [-0.25, -0.2) is 0 Å². The van der Waals surface area contributed by atoms with Gasteiger partial charge in [-0.1, -0.05) is 189 Å². The number of aromatic nitrogens is 1. The van der Waals surface area contributed by atoms with Crippen molar-refractivity contribution in [2.24, 2.45) is 0 Å². The van der Waals surface area contributed by atoms with Crippen molar-refractivity contribution in [2.75, 3.05) is 0 Å². The fourth-order valence-electron chi connectivity index (χ4n) is 8.36. The van der Waals surface area contributed by atoms with E-state index in [1.807, 2.05) is 60.7 Å². The monoisotopic (exact) mass is 679 g/mol. The zero-order chi connectivity index (χ0) is 34.1.